The standard InChI is InChI=1S/C14H16ClN/c15-14-6-2-5-13(11-14)4-1-3-12-7-9-16-10-8-12/h1-6,11,16H,7-10H2/b4-1+. The SMILES string of the molecule is Clc1cccc(/C=C/C=C2CCNCC2)c1. The van der Waals surface area contributed by atoms with Gasteiger partial charge < -0.3 is 5.32 Å². The van der Waals surface area contributed by atoms with Gasteiger partial charge in [-0.2, -0.15) is 0 Å². The molecule has 0 saturated carbocycles. The number of piperidine rings is 1. The van der Waals surface area contributed by atoms with Crippen LogP contribution in [0.15, 0.2) is 42.0 Å². The highest BCUT2D eigenvalue weighted by Crippen LogP contribution is 2.13. The van der Waals surface area contributed by atoms with E-state index in [-0.39, 0.29) is 0 Å². The van der Waals surface area contributed by atoms with Crippen molar-refractivity contribution in [1.82, 2.24) is 5.32 Å². The monoisotopic (exact) mass is 233 g/mol. The summed E-state index contributed by atoms with van der Waals surface area (Å²) in [5.74, 6) is 0. The summed E-state index contributed by atoms with van der Waals surface area (Å²) in [4.78, 5) is 0. The van der Waals surface area contributed by atoms with Crippen LogP contribution in [0.4, 0.5) is 0 Å². The first-order chi connectivity index (χ1) is 7.84. The van der Waals surface area contributed by atoms with E-state index < -0.39 is 0 Å². The zero-order valence-electron chi connectivity index (χ0n) is 9.25. The maximum atomic E-state index is 5.91. The third kappa shape index (κ3) is 3.51. The summed E-state index contributed by atoms with van der Waals surface area (Å²) in [6.07, 6.45) is 8.77. The lowest BCUT2D eigenvalue weighted by Gasteiger charge is -2.14. The summed E-state index contributed by atoms with van der Waals surface area (Å²) in [5, 5.41) is 4.14. The highest BCUT2D eigenvalue weighted by atomic mass is 35.5. The summed E-state index contributed by atoms with van der Waals surface area (Å²) in [6, 6.07) is 7.89. The van der Waals surface area contributed by atoms with Crippen molar-refractivity contribution in [2.45, 2.75) is 12.8 Å². The fourth-order valence-electron chi connectivity index (χ4n) is 1.82. The Labute approximate surface area is 102 Å². The van der Waals surface area contributed by atoms with Gasteiger partial charge in [-0.3, -0.25) is 0 Å². The zero-order valence-corrected chi connectivity index (χ0v) is 10.0. The van der Waals surface area contributed by atoms with Gasteiger partial charge in [0.1, 0.15) is 0 Å². The molecule has 0 amide bonds. The second-order valence-corrected chi connectivity index (χ2v) is 4.43. The molecule has 0 unspecified atom stereocenters. The number of halogens is 1. The van der Waals surface area contributed by atoms with Crippen molar-refractivity contribution >= 4 is 17.7 Å². The van der Waals surface area contributed by atoms with E-state index in [1.807, 2.05) is 18.2 Å². The normalized spacial score (nSPS) is 16.7. The molecular formula is C14H16ClN. The van der Waals surface area contributed by atoms with Crippen LogP contribution in [-0.2, 0) is 0 Å². The van der Waals surface area contributed by atoms with E-state index in [1.54, 1.807) is 0 Å². The lowest BCUT2D eigenvalue weighted by molar-refractivity contribution is 0.610. The van der Waals surface area contributed by atoms with Gasteiger partial charge in [-0.1, -0.05) is 47.5 Å². The predicted octanol–water partition coefficient (Wildman–Crippen LogP) is 3.66. The molecule has 1 heterocycles. The van der Waals surface area contributed by atoms with Crippen molar-refractivity contribution in [2.75, 3.05) is 13.1 Å². The Morgan fingerprint density at radius 2 is 2.00 bits per heavy atom. The summed E-state index contributed by atoms with van der Waals surface area (Å²) < 4.78 is 0. The molecule has 1 aromatic carbocycles. The number of hydrogen-bond donors (Lipinski definition) is 1. The molecule has 2 rings (SSSR count). The van der Waals surface area contributed by atoms with Crippen LogP contribution in [-0.4, -0.2) is 13.1 Å². The van der Waals surface area contributed by atoms with Gasteiger partial charge >= 0.3 is 0 Å². The second kappa shape index (κ2) is 5.88. The quantitative estimate of drug-likeness (QED) is 0.822. The van der Waals surface area contributed by atoms with Crippen molar-refractivity contribution in [1.29, 1.82) is 0 Å². The minimum atomic E-state index is 0.789. The van der Waals surface area contributed by atoms with E-state index in [0.29, 0.717) is 0 Å². The summed E-state index contributed by atoms with van der Waals surface area (Å²) in [6.45, 7) is 2.22. The van der Waals surface area contributed by atoms with Gasteiger partial charge in [0.05, 0.1) is 0 Å². The van der Waals surface area contributed by atoms with Crippen molar-refractivity contribution < 1.29 is 0 Å². The molecule has 1 N–H and O–H groups in total. The van der Waals surface area contributed by atoms with Crippen LogP contribution in [0.2, 0.25) is 5.02 Å². The third-order valence-corrected chi connectivity index (χ3v) is 2.95. The number of allylic oxidation sites excluding steroid dienone is 2. The summed E-state index contributed by atoms with van der Waals surface area (Å²) in [5.41, 5.74) is 2.68. The first-order valence-corrected chi connectivity index (χ1v) is 6.05. The van der Waals surface area contributed by atoms with E-state index in [1.165, 1.54) is 18.4 Å². The first kappa shape index (κ1) is 11.4. The van der Waals surface area contributed by atoms with Crippen molar-refractivity contribution in [2.24, 2.45) is 0 Å². The summed E-state index contributed by atoms with van der Waals surface area (Å²) >= 11 is 5.91. The Hall–Kier alpha value is -1.05. The largest absolute Gasteiger partial charge is 0.316 e. The van der Waals surface area contributed by atoms with Gasteiger partial charge in [0.2, 0.25) is 0 Å². The van der Waals surface area contributed by atoms with Crippen molar-refractivity contribution in [3.8, 4) is 0 Å². The molecule has 0 radical (unpaired) electrons. The average Bonchev–Trinajstić information content (AvgIpc) is 2.30. The number of benzene rings is 1. The molecular weight excluding hydrogens is 218 g/mol. The van der Waals surface area contributed by atoms with E-state index in [2.05, 4.69) is 29.6 Å². The molecule has 1 aliphatic rings. The average molecular weight is 234 g/mol. The van der Waals surface area contributed by atoms with Gasteiger partial charge in [0, 0.05) is 5.02 Å². The third-order valence-electron chi connectivity index (χ3n) is 2.72. The smallest absolute Gasteiger partial charge is 0.0411 e. The molecule has 0 aromatic heterocycles. The Balaban J connectivity index is 1.98. The van der Waals surface area contributed by atoms with Crippen LogP contribution in [0.1, 0.15) is 18.4 Å². The van der Waals surface area contributed by atoms with Gasteiger partial charge in [0.15, 0.2) is 0 Å². The molecule has 1 nitrogen and oxygen atoms in total. The van der Waals surface area contributed by atoms with E-state index in [4.69, 9.17) is 11.6 Å². The van der Waals surface area contributed by atoms with Crippen LogP contribution >= 0.6 is 11.6 Å². The van der Waals surface area contributed by atoms with Gasteiger partial charge in [-0.05, 0) is 43.6 Å². The summed E-state index contributed by atoms with van der Waals surface area (Å²) in [7, 11) is 0. The fraction of sp³-hybridized carbons (Fsp3) is 0.286. The molecule has 1 saturated heterocycles. The van der Waals surface area contributed by atoms with E-state index >= 15 is 0 Å². The molecule has 1 aromatic rings. The minimum absolute atomic E-state index is 0.789. The molecule has 0 aliphatic carbocycles. The minimum Gasteiger partial charge on any atom is -0.316 e. The maximum absolute atomic E-state index is 5.91. The maximum Gasteiger partial charge on any atom is 0.0411 e. The van der Waals surface area contributed by atoms with Crippen LogP contribution in [0, 0.1) is 0 Å². The fourth-order valence-corrected chi connectivity index (χ4v) is 2.02. The number of nitrogens with one attached hydrogen (secondary N) is 1. The molecule has 16 heavy (non-hydrogen) atoms. The zero-order chi connectivity index (χ0) is 11.2. The van der Waals surface area contributed by atoms with E-state index in [0.717, 1.165) is 23.7 Å². The lowest BCUT2D eigenvalue weighted by Crippen LogP contribution is -2.22. The van der Waals surface area contributed by atoms with Gasteiger partial charge in [-0.15, -0.1) is 0 Å². The van der Waals surface area contributed by atoms with Gasteiger partial charge in [-0.25, -0.2) is 0 Å². The second-order valence-electron chi connectivity index (χ2n) is 3.99. The molecule has 0 spiro atoms. The van der Waals surface area contributed by atoms with E-state index in [9.17, 15) is 0 Å². The molecule has 2 heteroatoms. The molecule has 0 atom stereocenters. The van der Waals surface area contributed by atoms with Gasteiger partial charge in [0.25, 0.3) is 0 Å². The Morgan fingerprint density at radius 1 is 1.19 bits per heavy atom. The first-order valence-electron chi connectivity index (χ1n) is 5.67. The number of hydrogen-bond acceptors (Lipinski definition) is 1. The lowest BCUT2D eigenvalue weighted by atomic mass is 10.1. The molecule has 84 valence electrons. The van der Waals surface area contributed by atoms with Crippen LogP contribution in [0.3, 0.4) is 0 Å². The Bertz CT molecular complexity index is 399. The topological polar surface area (TPSA) is 12.0 Å². The number of rotatable bonds is 2. The Kier molecular flexibility index (Phi) is 4.20. The van der Waals surface area contributed by atoms with Crippen LogP contribution in [0.5, 0.6) is 0 Å². The highest BCUT2D eigenvalue weighted by Gasteiger charge is 2.01. The van der Waals surface area contributed by atoms with Crippen LogP contribution in [0.25, 0.3) is 6.08 Å². The molecule has 1 aliphatic heterocycles. The molecule has 1 fully saturated rings. The van der Waals surface area contributed by atoms with Crippen molar-refractivity contribution in [3.05, 3.63) is 52.6 Å². The Morgan fingerprint density at radius 3 is 2.75 bits per heavy atom. The molecule has 0 bridgehead atoms. The highest BCUT2D eigenvalue weighted by molar-refractivity contribution is 6.30. The predicted molar refractivity (Wildman–Crippen MR) is 70.7 cm³/mol. The van der Waals surface area contributed by atoms with Crippen LogP contribution < -0.4 is 5.32 Å². The van der Waals surface area contributed by atoms with Crippen molar-refractivity contribution in [3.63, 3.8) is 0 Å².